The molecule has 0 unspecified atom stereocenters. The van der Waals surface area contributed by atoms with Crippen molar-refractivity contribution in [3.63, 3.8) is 0 Å². The van der Waals surface area contributed by atoms with E-state index in [0.29, 0.717) is 28.7 Å². The van der Waals surface area contributed by atoms with Gasteiger partial charge in [0.25, 0.3) is 5.91 Å². The van der Waals surface area contributed by atoms with E-state index in [2.05, 4.69) is 34.7 Å². The largest absolute Gasteiger partial charge is 0.496 e. The highest BCUT2D eigenvalue weighted by Gasteiger charge is 2.14. The molecule has 0 spiro atoms. The molecular weight excluding hydrogens is 374 g/mol. The number of ether oxygens (including phenoxy) is 1. The summed E-state index contributed by atoms with van der Waals surface area (Å²) >= 11 is 6.01. The summed E-state index contributed by atoms with van der Waals surface area (Å²) in [5.74, 6) is 0.596. The molecule has 1 heterocycles. The lowest BCUT2D eigenvalue weighted by atomic mass is 10.0. The molecule has 1 amide bonds. The first-order valence-electron chi connectivity index (χ1n) is 8.79. The minimum absolute atomic E-state index is 0.324. The molecule has 0 radical (unpaired) electrons. The summed E-state index contributed by atoms with van der Waals surface area (Å²) < 4.78 is 7.04. The van der Waals surface area contributed by atoms with E-state index in [1.165, 1.54) is 17.9 Å². The van der Waals surface area contributed by atoms with Crippen molar-refractivity contribution >= 4 is 34.1 Å². The maximum absolute atomic E-state index is 12.6. The summed E-state index contributed by atoms with van der Waals surface area (Å²) in [4.78, 5) is 12.6. The summed E-state index contributed by atoms with van der Waals surface area (Å²) in [6.07, 6.45) is 1.84. The molecule has 5 nitrogen and oxygen atoms in total. The van der Waals surface area contributed by atoms with Crippen LogP contribution in [0.2, 0.25) is 5.02 Å². The maximum Gasteiger partial charge on any atom is 0.260 e. The van der Waals surface area contributed by atoms with Crippen LogP contribution in [0.1, 0.15) is 15.9 Å². The zero-order chi connectivity index (χ0) is 19.5. The van der Waals surface area contributed by atoms with E-state index in [1.54, 1.807) is 28.9 Å². The Morgan fingerprint density at radius 1 is 1.11 bits per heavy atom. The third-order valence-corrected chi connectivity index (χ3v) is 4.74. The van der Waals surface area contributed by atoms with Crippen LogP contribution in [0, 0.1) is 0 Å². The Morgan fingerprint density at radius 3 is 2.79 bits per heavy atom. The number of nitrogens with zero attached hydrogens (tertiary/aromatic N) is 2. The van der Waals surface area contributed by atoms with Crippen molar-refractivity contribution in [2.75, 3.05) is 12.4 Å². The minimum Gasteiger partial charge on any atom is -0.496 e. The van der Waals surface area contributed by atoms with Crippen molar-refractivity contribution in [2.45, 2.75) is 6.54 Å². The van der Waals surface area contributed by atoms with Crippen LogP contribution in [0.3, 0.4) is 0 Å². The SMILES string of the molecule is COc1ccc(Cl)cc1C(=O)Nc1ccn(Cc2cccc3ccccc23)n1. The summed E-state index contributed by atoms with van der Waals surface area (Å²) in [5.41, 5.74) is 1.52. The van der Waals surface area contributed by atoms with Gasteiger partial charge >= 0.3 is 0 Å². The molecule has 140 valence electrons. The van der Waals surface area contributed by atoms with Crippen LogP contribution in [0.5, 0.6) is 5.75 Å². The van der Waals surface area contributed by atoms with Gasteiger partial charge in [-0.2, -0.15) is 5.10 Å². The number of amides is 1. The van der Waals surface area contributed by atoms with Gasteiger partial charge in [0.2, 0.25) is 0 Å². The molecule has 0 atom stereocenters. The normalized spacial score (nSPS) is 10.8. The van der Waals surface area contributed by atoms with Gasteiger partial charge < -0.3 is 10.1 Å². The van der Waals surface area contributed by atoms with E-state index in [9.17, 15) is 4.79 Å². The molecular formula is C22H18ClN3O2. The van der Waals surface area contributed by atoms with Crippen LogP contribution in [-0.4, -0.2) is 22.8 Å². The third-order valence-electron chi connectivity index (χ3n) is 4.50. The van der Waals surface area contributed by atoms with E-state index in [1.807, 2.05) is 24.4 Å². The van der Waals surface area contributed by atoms with Gasteiger partial charge in [-0.25, -0.2) is 0 Å². The molecule has 0 aliphatic rings. The molecule has 0 aliphatic carbocycles. The summed E-state index contributed by atoms with van der Waals surface area (Å²) in [5, 5.41) is 10.1. The molecule has 0 saturated carbocycles. The summed E-state index contributed by atoms with van der Waals surface area (Å²) in [6, 6.07) is 21.1. The molecule has 0 aliphatic heterocycles. The van der Waals surface area contributed by atoms with Crippen LogP contribution < -0.4 is 10.1 Å². The number of hydrogen-bond donors (Lipinski definition) is 1. The third kappa shape index (κ3) is 3.70. The first-order valence-corrected chi connectivity index (χ1v) is 9.17. The summed E-state index contributed by atoms with van der Waals surface area (Å²) in [7, 11) is 1.51. The van der Waals surface area contributed by atoms with Crippen LogP contribution in [0.15, 0.2) is 72.9 Å². The minimum atomic E-state index is -0.324. The predicted molar refractivity (Wildman–Crippen MR) is 111 cm³/mol. The maximum atomic E-state index is 12.6. The van der Waals surface area contributed by atoms with E-state index >= 15 is 0 Å². The molecule has 0 saturated heterocycles. The van der Waals surface area contributed by atoms with E-state index < -0.39 is 0 Å². The molecule has 1 N–H and O–H groups in total. The Hall–Kier alpha value is -3.31. The molecule has 4 rings (SSSR count). The molecule has 28 heavy (non-hydrogen) atoms. The molecule has 0 fully saturated rings. The number of benzene rings is 3. The number of anilines is 1. The van der Waals surface area contributed by atoms with Gasteiger partial charge in [0.1, 0.15) is 5.75 Å². The average Bonchev–Trinajstić information content (AvgIpc) is 3.15. The zero-order valence-corrected chi connectivity index (χ0v) is 16.0. The summed E-state index contributed by atoms with van der Waals surface area (Å²) in [6.45, 7) is 0.609. The van der Waals surface area contributed by atoms with Gasteiger partial charge in [-0.3, -0.25) is 9.48 Å². The standard InChI is InChI=1S/C22H18ClN3O2/c1-28-20-10-9-17(23)13-19(20)22(27)24-21-11-12-26(25-21)14-16-7-4-6-15-5-2-3-8-18(15)16/h2-13H,14H2,1H3,(H,24,25,27). The number of hydrogen-bond acceptors (Lipinski definition) is 3. The molecule has 3 aromatic carbocycles. The smallest absolute Gasteiger partial charge is 0.260 e. The lowest BCUT2D eigenvalue weighted by molar-refractivity contribution is 0.102. The lowest BCUT2D eigenvalue weighted by Crippen LogP contribution is -2.14. The van der Waals surface area contributed by atoms with Crippen molar-refractivity contribution in [3.05, 3.63) is 89.1 Å². The second-order valence-electron chi connectivity index (χ2n) is 6.34. The molecule has 1 aromatic heterocycles. The van der Waals surface area contributed by atoms with Gasteiger partial charge in [0, 0.05) is 17.3 Å². The Kier molecular flexibility index (Phi) is 5.00. The van der Waals surface area contributed by atoms with Crippen molar-refractivity contribution in [1.29, 1.82) is 0 Å². The molecule has 6 heteroatoms. The number of methoxy groups -OCH3 is 1. The van der Waals surface area contributed by atoms with Gasteiger partial charge in [-0.05, 0) is 34.5 Å². The Morgan fingerprint density at radius 2 is 1.93 bits per heavy atom. The van der Waals surface area contributed by atoms with Gasteiger partial charge in [-0.15, -0.1) is 0 Å². The van der Waals surface area contributed by atoms with Gasteiger partial charge in [0.15, 0.2) is 5.82 Å². The zero-order valence-electron chi connectivity index (χ0n) is 15.2. The number of nitrogens with one attached hydrogen (secondary N) is 1. The van der Waals surface area contributed by atoms with Crippen LogP contribution in [0.4, 0.5) is 5.82 Å². The fourth-order valence-electron chi connectivity index (χ4n) is 3.16. The second-order valence-corrected chi connectivity index (χ2v) is 6.77. The van der Waals surface area contributed by atoms with E-state index in [4.69, 9.17) is 16.3 Å². The highest BCUT2D eigenvalue weighted by atomic mass is 35.5. The topological polar surface area (TPSA) is 56.1 Å². The number of halogens is 1. The van der Waals surface area contributed by atoms with Crippen molar-refractivity contribution in [3.8, 4) is 5.75 Å². The number of carbonyl (C=O) groups is 1. The fraction of sp³-hybridized carbons (Fsp3) is 0.0909. The number of rotatable bonds is 5. The lowest BCUT2D eigenvalue weighted by Gasteiger charge is -2.09. The Bertz CT molecular complexity index is 1150. The number of aromatic nitrogens is 2. The fourth-order valence-corrected chi connectivity index (χ4v) is 3.33. The molecule has 0 bridgehead atoms. The first-order chi connectivity index (χ1) is 13.6. The van der Waals surface area contributed by atoms with Gasteiger partial charge in [-0.1, -0.05) is 54.1 Å². The van der Waals surface area contributed by atoms with Crippen LogP contribution in [-0.2, 0) is 6.54 Å². The number of fused-ring (bicyclic) bond motifs is 1. The van der Waals surface area contributed by atoms with Crippen LogP contribution in [0.25, 0.3) is 10.8 Å². The second kappa shape index (κ2) is 7.74. The average molecular weight is 392 g/mol. The highest BCUT2D eigenvalue weighted by Crippen LogP contribution is 2.24. The van der Waals surface area contributed by atoms with Crippen molar-refractivity contribution in [1.82, 2.24) is 9.78 Å². The molecule has 4 aromatic rings. The van der Waals surface area contributed by atoms with Crippen molar-refractivity contribution < 1.29 is 9.53 Å². The monoisotopic (exact) mass is 391 g/mol. The van der Waals surface area contributed by atoms with E-state index in [0.717, 1.165) is 5.56 Å². The van der Waals surface area contributed by atoms with Gasteiger partial charge in [0.05, 0.1) is 19.2 Å². The number of carbonyl (C=O) groups excluding carboxylic acids is 1. The van der Waals surface area contributed by atoms with Crippen LogP contribution >= 0.6 is 11.6 Å². The predicted octanol–water partition coefficient (Wildman–Crippen LogP) is 5.00. The Balaban J connectivity index is 1.53. The van der Waals surface area contributed by atoms with Crippen molar-refractivity contribution in [2.24, 2.45) is 0 Å². The first kappa shape index (κ1) is 18.1. The van der Waals surface area contributed by atoms with E-state index in [-0.39, 0.29) is 5.91 Å². The Labute approximate surface area is 167 Å². The highest BCUT2D eigenvalue weighted by molar-refractivity contribution is 6.31. The quantitative estimate of drug-likeness (QED) is 0.521.